The minimum atomic E-state index is -2.35. The zero-order valence-corrected chi connectivity index (χ0v) is 27.5. The maximum absolute atomic E-state index is 15.6. The normalized spacial score (nSPS) is 12.2. The van der Waals surface area contributed by atoms with Crippen LogP contribution in [0.25, 0.3) is 88.7 Å². The van der Waals surface area contributed by atoms with Crippen LogP contribution in [-0.4, -0.2) is 19.9 Å². The molecule has 9 rings (SSSR count). The average molecular weight is 763 g/mol. The molecule has 15 heteroatoms. The van der Waals surface area contributed by atoms with Crippen LogP contribution in [0.1, 0.15) is 11.4 Å². The number of thiophene rings is 1. The Labute approximate surface area is 299 Å². The van der Waals surface area contributed by atoms with Gasteiger partial charge in [0, 0.05) is 59.9 Å². The van der Waals surface area contributed by atoms with Gasteiger partial charge >= 0.3 is 0 Å². The van der Waals surface area contributed by atoms with Gasteiger partial charge < -0.3 is 15.0 Å². The molecule has 8 aromatic rings. The summed E-state index contributed by atoms with van der Waals surface area (Å²) < 4.78 is 150. The molecule has 0 fully saturated rings. The Morgan fingerprint density at radius 2 is 0.796 bits per heavy atom. The van der Waals surface area contributed by atoms with E-state index < -0.39 is 80.4 Å². The smallest absolute Gasteiger partial charge is 0.200 e. The summed E-state index contributed by atoms with van der Waals surface area (Å²) in [6.07, 6.45) is 2.60. The lowest BCUT2D eigenvalue weighted by Gasteiger charge is -2.10. The summed E-state index contributed by atoms with van der Waals surface area (Å²) >= 11 is 1.36. The number of halogens is 10. The highest BCUT2D eigenvalue weighted by Crippen LogP contribution is 2.42. The molecular formula is C39H16F10N4S. The molecule has 0 atom stereocenters. The Balaban J connectivity index is 1.51. The number of benzene rings is 3. The van der Waals surface area contributed by atoms with Gasteiger partial charge in [-0.3, -0.25) is 0 Å². The van der Waals surface area contributed by atoms with Crippen molar-refractivity contribution in [3.05, 3.63) is 136 Å². The molecule has 54 heavy (non-hydrogen) atoms. The predicted octanol–water partition coefficient (Wildman–Crippen LogP) is 12.3. The van der Waals surface area contributed by atoms with Crippen LogP contribution in [0.2, 0.25) is 0 Å². The highest BCUT2D eigenvalue weighted by atomic mass is 32.1. The molecular weight excluding hydrogens is 747 g/mol. The van der Waals surface area contributed by atoms with Gasteiger partial charge in [0.1, 0.15) is 0 Å². The molecule has 0 amide bonds. The Kier molecular flexibility index (Phi) is 7.50. The number of fused-ring (bicyclic) bond motifs is 10. The van der Waals surface area contributed by atoms with Crippen molar-refractivity contribution in [2.45, 2.75) is 0 Å². The second-order valence-corrected chi connectivity index (χ2v) is 13.1. The van der Waals surface area contributed by atoms with Gasteiger partial charge in [-0.05, 0) is 60.0 Å². The van der Waals surface area contributed by atoms with Crippen molar-refractivity contribution in [1.82, 2.24) is 19.9 Å². The number of nitrogens with one attached hydrogen (secondary N) is 3. The molecule has 0 spiro atoms. The van der Waals surface area contributed by atoms with Crippen molar-refractivity contribution in [1.29, 1.82) is 0 Å². The van der Waals surface area contributed by atoms with E-state index in [0.717, 1.165) is 10.1 Å². The van der Waals surface area contributed by atoms with E-state index >= 15 is 17.6 Å². The molecule has 0 saturated carbocycles. The number of rotatable bonds is 3. The van der Waals surface area contributed by atoms with E-state index in [2.05, 4.69) is 19.9 Å². The second-order valence-electron chi connectivity index (χ2n) is 12.2. The third-order valence-corrected chi connectivity index (χ3v) is 10.2. The van der Waals surface area contributed by atoms with Gasteiger partial charge in [-0.25, -0.2) is 48.9 Å². The molecule has 0 unspecified atom stereocenters. The van der Waals surface area contributed by atoms with Crippen molar-refractivity contribution in [2.75, 3.05) is 0 Å². The van der Waals surface area contributed by atoms with Crippen LogP contribution in [-0.2, 0) is 0 Å². The van der Waals surface area contributed by atoms with Gasteiger partial charge in [0.2, 0.25) is 11.6 Å². The first-order valence-corrected chi connectivity index (χ1v) is 16.7. The van der Waals surface area contributed by atoms with Gasteiger partial charge in [0.05, 0.1) is 28.0 Å². The maximum Gasteiger partial charge on any atom is 0.200 e. The Morgan fingerprint density at radius 3 is 1.35 bits per heavy atom. The fourth-order valence-electron chi connectivity index (χ4n) is 6.79. The first kappa shape index (κ1) is 33.5. The molecule has 3 N–H and O–H groups in total. The van der Waals surface area contributed by atoms with Crippen molar-refractivity contribution >= 4 is 66.7 Å². The van der Waals surface area contributed by atoms with E-state index in [1.165, 1.54) is 59.9 Å². The molecule has 0 saturated heterocycles. The van der Waals surface area contributed by atoms with Crippen molar-refractivity contribution < 1.29 is 43.9 Å². The first-order chi connectivity index (χ1) is 25.9. The van der Waals surface area contributed by atoms with E-state index in [1.807, 2.05) is 18.2 Å². The number of nitrogens with zero attached hydrogens (tertiary/aromatic N) is 1. The standard InChI is InChI=1S/C39H16F10N4S/c40-30-28(31(41)35(45)38(48)34(30)44)26-20-7-5-16(50-20)17-6-8-21(51-17)27(29-32(42)36(46)39(49)37(47)33(29)43)23-12-10-19(53-23)25(18-9-11-22(26)52-18)15-13-54-24-4-2-1-3-14(15)24/h1-13,50,52-53H. The van der Waals surface area contributed by atoms with Crippen molar-refractivity contribution in [3.8, 4) is 33.4 Å². The van der Waals surface area contributed by atoms with Crippen molar-refractivity contribution in [3.63, 3.8) is 0 Å². The third kappa shape index (κ3) is 4.80. The van der Waals surface area contributed by atoms with E-state index in [0.29, 0.717) is 11.1 Å². The molecule has 1 aliphatic heterocycles. The molecule has 4 nitrogen and oxygen atoms in total. The van der Waals surface area contributed by atoms with Gasteiger partial charge in [0.25, 0.3) is 0 Å². The van der Waals surface area contributed by atoms with E-state index in [-0.39, 0.29) is 44.5 Å². The van der Waals surface area contributed by atoms with Crippen molar-refractivity contribution in [2.24, 2.45) is 0 Å². The average Bonchev–Trinajstić information content (AvgIpc) is 4.03. The first-order valence-electron chi connectivity index (χ1n) is 15.8. The zero-order valence-electron chi connectivity index (χ0n) is 26.6. The quantitative estimate of drug-likeness (QED) is 0.0937. The number of aromatic amines is 3. The van der Waals surface area contributed by atoms with E-state index in [4.69, 9.17) is 0 Å². The number of aromatic nitrogens is 4. The lowest BCUT2D eigenvalue weighted by atomic mass is 10.0. The molecule has 5 aromatic heterocycles. The highest BCUT2D eigenvalue weighted by Gasteiger charge is 2.31. The Hall–Kier alpha value is -6.35. The van der Waals surface area contributed by atoms with Gasteiger partial charge in [0.15, 0.2) is 46.5 Å². The lowest BCUT2D eigenvalue weighted by Crippen LogP contribution is -2.05. The number of H-pyrrole nitrogens is 3. The van der Waals surface area contributed by atoms with Crippen LogP contribution in [0.15, 0.2) is 66.0 Å². The summed E-state index contributed by atoms with van der Waals surface area (Å²) in [5, 5.41) is 2.52. The highest BCUT2D eigenvalue weighted by molar-refractivity contribution is 7.17. The minimum absolute atomic E-state index is 0.0280. The molecule has 1 aliphatic rings. The topological polar surface area (TPSA) is 60.3 Å². The van der Waals surface area contributed by atoms with Crippen LogP contribution in [0, 0.1) is 58.2 Å². The van der Waals surface area contributed by atoms with Gasteiger partial charge in [-0.15, -0.1) is 11.3 Å². The molecule has 268 valence electrons. The monoisotopic (exact) mass is 762 g/mol. The Morgan fingerprint density at radius 1 is 0.389 bits per heavy atom. The summed E-state index contributed by atoms with van der Waals surface area (Å²) in [7, 11) is 0. The molecule has 8 bridgehead atoms. The SMILES string of the molecule is Fc1c(F)c(F)c(-c2c3nc(c4ccc([nH]4)c(-c4c(F)c(F)c(F)c(F)c4F)c4ccc([nH]4)c(-c4csc5ccccc45)c4ccc2[nH]4)C=C3)c(F)c1F. The lowest BCUT2D eigenvalue weighted by molar-refractivity contribution is 0.381. The van der Waals surface area contributed by atoms with E-state index in [1.54, 1.807) is 11.4 Å². The second kappa shape index (κ2) is 12.1. The zero-order chi connectivity index (χ0) is 37.7. The summed E-state index contributed by atoms with van der Waals surface area (Å²) in [6, 6.07) is 15.6. The van der Waals surface area contributed by atoms with Crippen LogP contribution < -0.4 is 0 Å². The van der Waals surface area contributed by atoms with Crippen LogP contribution in [0.3, 0.4) is 0 Å². The molecule has 0 radical (unpaired) electrons. The summed E-state index contributed by atoms with van der Waals surface area (Å²) in [4.78, 5) is 13.4. The summed E-state index contributed by atoms with van der Waals surface area (Å²) in [5.41, 5.74) is -2.43. The molecule has 6 heterocycles. The molecule has 3 aromatic carbocycles. The number of hydrogen-bond acceptors (Lipinski definition) is 2. The van der Waals surface area contributed by atoms with Gasteiger partial charge in [-0.2, -0.15) is 0 Å². The fourth-order valence-corrected chi connectivity index (χ4v) is 7.74. The van der Waals surface area contributed by atoms with E-state index in [9.17, 15) is 26.3 Å². The van der Waals surface area contributed by atoms with Crippen LogP contribution in [0.5, 0.6) is 0 Å². The fraction of sp³-hybridized carbons (Fsp3) is 0. The van der Waals surface area contributed by atoms with Crippen LogP contribution >= 0.6 is 11.3 Å². The predicted molar refractivity (Wildman–Crippen MR) is 186 cm³/mol. The number of hydrogen-bond donors (Lipinski definition) is 3. The summed E-state index contributed by atoms with van der Waals surface area (Å²) in [6.45, 7) is 0. The molecule has 0 aliphatic carbocycles. The Bertz CT molecular complexity index is 3020. The summed E-state index contributed by atoms with van der Waals surface area (Å²) in [5.74, 6) is -21.8. The van der Waals surface area contributed by atoms with Gasteiger partial charge in [-0.1, -0.05) is 18.2 Å². The maximum atomic E-state index is 15.6. The third-order valence-electron chi connectivity index (χ3n) is 9.25. The minimum Gasteiger partial charge on any atom is -0.354 e. The largest absolute Gasteiger partial charge is 0.354 e. The van der Waals surface area contributed by atoms with Crippen LogP contribution in [0.4, 0.5) is 43.9 Å².